The van der Waals surface area contributed by atoms with Crippen LogP contribution in [-0.2, 0) is 25.0 Å². The minimum Gasteiger partial charge on any atom is -0.365 e. The summed E-state index contributed by atoms with van der Waals surface area (Å²) in [6.07, 6.45) is 6.86. The van der Waals surface area contributed by atoms with Crippen molar-refractivity contribution in [3.05, 3.63) is 71.8 Å². The van der Waals surface area contributed by atoms with E-state index in [1.165, 1.54) is 36.8 Å². The molecule has 0 saturated carbocycles. The van der Waals surface area contributed by atoms with Gasteiger partial charge >= 0.3 is 0 Å². The second-order valence-electron chi connectivity index (χ2n) is 8.45. The molecule has 2 aromatic rings. The Morgan fingerprint density at radius 3 is 1.45 bits per heavy atom. The Labute approximate surface area is 197 Å². The SMILES string of the molecule is CN1[C@@H]2CC[C@H]1C[C@@H](OC(c1ccccc1)c1ccccc1)C2.CS(=O)(=O)O.CS(=O)(=O)O. The monoisotopic (exact) mass is 499 g/mol. The van der Waals surface area contributed by atoms with Crippen LogP contribution in [0.5, 0.6) is 0 Å². The minimum absolute atomic E-state index is 0.0465. The first kappa shape index (κ1) is 27.4. The van der Waals surface area contributed by atoms with Gasteiger partial charge in [0, 0.05) is 12.1 Å². The van der Waals surface area contributed by atoms with E-state index in [2.05, 4.69) is 72.6 Å². The molecule has 8 nitrogen and oxygen atoms in total. The van der Waals surface area contributed by atoms with E-state index in [1.807, 2.05) is 0 Å². The summed E-state index contributed by atoms with van der Waals surface area (Å²) in [5.74, 6) is 0. The molecule has 2 heterocycles. The number of piperidine rings is 1. The van der Waals surface area contributed by atoms with Crippen molar-refractivity contribution in [3.8, 4) is 0 Å². The molecule has 10 heteroatoms. The minimum atomic E-state index is -3.67. The van der Waals surface area contributed by atoms with Crippen molar-refractivity contribution in [1.82, 2.24) is 4.90 Å². The molecule has 0 amide bonds. The first-order valence-corrected chi connectivity index (χ1v) is 14.3. The van der Waals surface area contributed by atoms with Crippen LogP contribution in [0.3, 0.4) is 0 Å². The van der Waals surface area contributed by atoms with Crippen LogP contribution in [0.1, 0.15) is 42.9 Å². The number of hydrogen-bond acceptors (Lipinski definition) is 6. The third-order valence-electron chi connectivity index (χ3n) is 5.59. The van der Waals surface area contributed by atoms with Gasteiger partial charge in [-0.3, -0.25) is 9.11 Å². The Morgan fingerprint density at radius 2 is 1.12 bits per heavy atom. The van der Waals surface area contributed by atoms with Crippen LogP contribution in [-0.4, -0.2) is 68.6 Å². The standard InChI is InChI=1S/C21H25NO.2CH4O3S/c1-22-18-12-13-19(22)15-20(14-18)23-21(16-8-4-2-5-9-16)17-10-6-3-7-11-17;2*1-5(2,3)4/h2-11,18-21H,12-15H2,1H3;2*1H3,(H,2,3,4)/t18-,19+,20+;;. The summed E-state index contributed by atoms with van der Waals surface area (Å²) in [4.78, 5) is 2.57. The lowest BCUT2D eigenvalue weighted by Gasteiger charge is -2.38. The lowest BCUT2D eigenvalue weighted by molar-refractivity contribution is -0.0426. The van der Waals surface area contributed by atoms with Crippen molar-refractivity contribution in [3.63, 3.8) is 0 Å². The third-order valence-corrected chi connectivity index (χ3v) is 5.59. The van der Waals surface area contributed by atoms with Crippen LogP contribution in [0.4, 0.5) is 0 Å². The van der Waals surface area contributed by atoms with E-state index in [4.69, 9.17) is 13.8 Å². The van der Waals surface area contributed by atoms with Crippen LogP contribution < -0.4 is 0 Å². The Balaban J connectivity index is 0.000000327. The van der Waals surface area contributed by atoms with Crippen molar-refractivity contribution in [1.29, 1.82) is 0 Å². The molecule has 2 saturated heterocycles. The second kappa shape index (κ2) is 12.0. The fourth-order valence-electron chi connectivity index (χ4n) is 4.27. The molecule has 2 aliphatic heterocycles. The van der Waals surface area contributed by atoms with Gasteiger partial charge in [0.25, 0.3) is 20.2 Å². The Kier molecular flexibility index (Phi) is 10.0. The summed E-state index contributed by atoms with van der Waals surface area (Å²) < 4.78 is 58.4. The van der Waals surface area contributed by atoms with Gasteiger partial charge in [0.2, 0.25) is 0 Å². The smallest absolute Gasteiger partial charge is 0.261 e. The molecule has 2 aromatic carbocycles. The fraction of sp³-hybridized carbons (Fsp3) is 0.478. The third kappa shape index (κ3) is 10.8. The largest absolute Gasteiger partial charge is 0.365 e. The van der Waals surface area contributed by atoms with Crippen molar-refractivity contribution in [2.24, 2.45) is 0 Å². The zero-order valence-corrected chi connectivity index (χ0v) is 20.7. The van der Waals surface area contributed by atoms with E-state index < -0.39 is 20.2 Å². The number of ether oxygens (including phenoxy) is 1. The molecule has 2 fully saturated rings. The van der Waals surface area contributed by atoms with Gasteiger partial charge in [-0.2, -0.15) is 16.8 Å². The van der Waals surface area contributed by atoms with Gasteiger partial charge < -0.3 is 9.64 Å². The summed E-state index contributed by atoms with van der Waals surface area (Å²) in [6, 6.07) is 22.7. The second-order valence-corrected chi connectivity index (χ2v) is 11.4. The van der Waals surface area contributed by atoms with Crippen LogP contribution >= 0.6 is 0 Å². The highest BCUT2D eigenvalue weighted by atomic mass is 32.2. The molecule has 184 valence electrons. The highest BCUT2D eigenvalue weighted by Gasteiger charge is 2.39. The maximum atomic E-state index is 9.19. The van der Waals surface area contributed by atoms with E-state index in [0.29, 0.717) is 30.7 Å². The fourth-order valence-corrected chi connectivity index (χ4v) is 4.27. The van der Waals surface area contributed by atoms with Gasteiger partial charge in [0.15, 0.2) is 0 Å². The molecular weight excluding hydrogens is 466 g/mol. The lowest BCUT2D eigenvalue weighted by atomic mass is 9.97. The zero-order valence-electron chi connectivity index (χ0n) is 19.1. The van der Waals surface area contributed by atoms with Crippen molar-refractivity contribution >= 4 is 20.2 Å². The molecular formula is C23H33NO7S2. The van der Waals surface area contributed by atoms with E-state index >= 15 is 0 Å². The van der Waals surface area contributed by atoms with Gasteiger partial charge in [-0.15, -0.1) is 0 Å². The molecule has 0 aliphatic carbocycles. The lowest BCUT2D eigenvalue weighted by Crippen LogP contribution is -2.43. The first-order valence-electron chi connectivity index (χ1n) is 10.6. The normalized spacial score (nSPS) is 22.7. The van der Waals surface area contributed by atoms with Gasteiger partial charge in [0.1, 0.15) is 6.10 Å². The van der Waals surface area contributed by atoms with Crippen molar-refractivity contribution in [2.75, 3.05) is 19.6 Å². The summed E-state index contributed by atoms with van der Waals surface area (Å²) in [5.41, 5.74) is 2.51. The number of hydrogen-bond donors (Lipinski definition) is 2. The van der Waals surface area contributed by atoms with E-state index in [9.17, 15) is 16.8 Å². The number of fused-ring (bicyclic) bond motifs is 2. The van der Waals surface area contributed by atoms with Gasteiger partial charge in [0.05, 0.1) is 18.6 Å². The maximum absolute atomic E-state index is 9.19. The summed E-state index contributed by atoms with van der Waals surface area (Å²) in [5, 5.41) is 0. The highest BCUT2D eigenvalue weighted by Crippen LogP contribution is 2.38. The number of rotatable bonds is 4. The molecule has 2 bridgehead atoms. The molecule has 2 N–H and O–H groups in total. The van der Waals surface area contributed by atoms with E-state index in [-0.39, 0.29) is 6.10 Å². The van der Waals surface area contributed by atoms with Gasteiger partial charge in [-0.05, 0) is 43.9 Å². The van der Waals surface area contributed by atoms with Crippen LogP contribution in [0.25, 0.3) is 0 Å². The molecule has 4 rings (SSSR count). The molecule has 0 radical (unpaired) electrons. The molecule has 0 aromatic heterocycles. The van der Waals surface area contributed by atoms with E-state index in [1.54, 1.807) is 0 Å². The van der Waals surface area contributed by atoms with Crippen molar-refractivity contribution < 1.29 is 30.7 Å². The molecule has 33 heavy (non-hydrogen) atoms. The Morgan fingerprint density at radius 1 is 0.788 bits per heavy atom. The highest BCUT2D eigenvalue weighted by molar-refractivity contribution is 7.85. The number of benzene rings is 2. The zero-order chi connectivity index (χ0) is 24.6. The van der Waals surface area contributed by atoms with Crippen LogP contribution in [0, 0.1) is 0 Å². The topological polar surface area (TPSA) is 121 Å². The van der Waals surface area contributed by atoms with Gasteiger partial charge in [-0.1, -0.05) is 60.7 Å². The number of nitrogens with zero attached hydrogens (tertiary/aromatic N) is 1. The van der Waals surface area contributed by atoms with Crippen molar-refractivity contribution in [2.45, 2.75) is 50.0 Å². The molecule has 2 aliphatic rings. The molecule has 3 atom stereocenters. The summed E-state index contributed by atoms with van der Waals surface area (Å²) >= 11 is 0. The van der Waals surface area contributed by atoms with Crippen LogP contribution in [0.15, 0.2) is 60.7 Å². The summed E-state index contributed by atoms with van der Waals surface area (Å²) in [6.45, 7) is 0. The van der Waals surface area contributed by atoms with E-state index in [0.717, 1.165) is 0 Å². The predicted molar refractivity (Wildman–Crippen MR) is 128 cm³/mol. The predicted octanol–water partition coefficient (Wildman–Crippen LogP) is 3.43. The Hall–Kier alpha value is -1.82. The average Bonchev–Trinajstić information content (AvgIpc) is 2.92. The summed E-state index contributed by atoms with van der Waals surface area (Å²) in [7, 11) is -5.05. The Bertz CT molecular complexity index is 961. The molecule has 0 spiro atoms. The van der Waals surface area contributed by atoms with Crippen LogP contribution in [0.2, 0.25) is 0 Å². The average molecular weight is 500 g/mol. The maximum Gasteiger partial charge on any atom is 0.261 e. The van der Waals surface area contributed by atoms with Gasteiger partial charge in [-0.25, -0.2) is 0 Å². The quantitative estimate of drug-likeness (QED) is 0.614. The molecule has 0 unspecified atom stereocenters. The first-order chi connectivity index (χ1) is 15.3.